The van der Waals surface area contributed by atoms with Crippen LogP contribution in [0.2, 0.25) is 0 Å². The van der Waals surface area contributed by atoms with Crippen molar-refractivity contribution in [1.82, 2.24) is 10.2 Å². The Morgan fingerprint density at radius 1 is 1.29 bits per heavy atom. The molecule has 6 heteroatoms. The molecule has 0 radical (unpaired) electrons. The highest BCUT2D eigenvalue weighted by molar-refractivity contribution is 5.97. The Bertz CT molecular complexity index is 560. The fourth-order valence-corrected chi connectivity index (χ4v) is 3.07. The van der Waals surface area contributed by atoms with E-state index in [9.17, 15) is 9.59 Å². The molecule has 1 aromatic carbocycles. The number of benzene rings is 1. The predicted octanol–water partition coefficient (Wildman–Crippen LogP) is -0.665. The number of anilines is 1. The minimum atomic E-state index is -0.402. The number of nitrogens with one attached hydrogen (secondary N) is 1. The van der Waals surface area contributed by atoms with Crippen LogP contribution < -0.4 is 16.0 Å². The minimum Gasteiger partial charge on any atom is -0.368 e. The Morgan fingerprint density at radius 3 is 2.90 bits per heavy atom. The van der Waals surface area contributed by atoms with E-state index in [1.165, 1.54) is 5.56 Å². The molecule has 1 atom stereocenters. The number of fused-ring (bicyclic) bond motifs is 1. The highest BCUT2D eigenvalue weighted by atomic mass is 16.2. The van der Waals surface area contributed by atoms with Gasteiger partial charge in [-0.25, -0.2) is 0 Å². The zero-order chi connectivity index (χ0) is 14.8. The molecular formula is C15H20N4O2. The summed E-state index contributed by atoms with van der Waals surface area (Å²) in [7, 11) is 0. The number of amides is 2. The van der Waals surface area contributed by atoms with E-state index in [0.717, 1.165) is 18.7 Å². The average molecular weight is 288 g/mol. The van der Waals surface area contributed by atoms with E-state index in [1.54, 1.807) is 0 Å². The van der Waals surface area contributed by atoms with Gasteiger partial charge in [0, 0.05) is 31.9 Å². The van der Waals surface area contributed by atoms with Crippen molar-refractivity contribution >= 4 is 17.5 Å². The predicted molar refractivity (Wildman–Crippen MR) is 79.9 cm³/mol. The average Bonchev–Trinajstić information content (AvgIpc) is 2.91. The molecule has 0 saturated carbocycles. The number of nitrogens with zero attached hydrogens (tertiary/aromatic N) is 2. The first-order chi connectivity index (χ1) is 10.2. The van der Waals surface area contributed by atoms with Gasteiger partial charge in [0.25, 0.3) is 0 Å². The van der Waals surface area contributed by atoms with Gasteiger partial charge in [-0.3, -0.25) is 14.5 Å². The van der Waals surface area contributed by atoms with Crippen LogP contribution in [0, 0.1) is 0 Å². The standard InChI is InChI=1S/C15H20N4O2/c16-15(21)13-9-17-6-8-18(13)10-14(20)19-7-5-11-3-1-2-4-12(11)19/h1-4,13,17H,5-10H2,(H2,16,21). The summed E-state index contributed by atoms with van der Waals surface area (Å²) in [5.41, 5.74) is 7.62. The molecule has 21 heavy (non-hydrogen) atoms. The first-order valence-corrected chi connectivity index (χ1v) is 7.29. The Hall–Kier alpha value is -1.92. The number of nitrogens with two attached hydrogens (primary N) is 1. The zero-order valence-corrected chi connectivity index (χ0v) is 11.9. The van der Waals surface area contributed by atoms with Crippen LogP contribution in [0.1, 0.15) is 5.56 Å². The number of para-hydroxylation sites is 1. The van der Waals surface area contributed by atoms with E-state index in [2.05, 4.69) is 11.4 Å². The van der Waals surface area contributed by atoms with Gasteiger partial charge in [0.05, 0.1) is 6.54 Å². The normalized spacial score (nSPS) is 22.1. The largest absolute Gasteiger partial charge is 0.368 e. The van der Waals surface area contributed by atoms with Gasteiger partial charge in [0.2, 0.25) is 11.8 Å². The molecule has 2 heterocycles. The van der Waals surface area contributed by atoms with Crippen molar-refractivity contribution in [3.8, 4) is 0 Å². The molecular weight excluding hydrogens is 268 g/mol. The summed E-state index contributed by atoms with van der Waals surface area (Å²) in [6.45, 7) is 2.90. The van der Waals surface area contributed by atoms with Crippen molar-refractivity contribution in [2.75, 3.05) is 37.6 Å². The second kappa shape index (κ2) is 5.83. The van der Waals surface area contributed by atoms with Gasteiger partial charge in [-0.1, -0.05) is 18.2 Å². The molecule has 1 aromatic rings. The van der Waals surface area contributed by atoms with E-state index < -0.39 is 6.04 Å². The van der Waals surface area contributed by atoms with Crippen molar-refractivity contribution in [2.45, 2.75) is 12.5 Å². The quantitative estimate of drug-likeness (QED) is 0.773. The van der Waals surface area contributed by atoms with E-state index in [4.69, 9.17) is 5.73 Å². The number of carbonyl (C=O) groups is 2. The van der Waals surface area contributed by atoms with Crippen molar-refractivity contribution < 1.29 is 9.59 Å². The van der Waals surface area contributed by atoms with Gasteiger partial charge in [0.1, 0.15) is 6.04 Å². The van der Waals surface area contributed by atoms with Crippen molar-refractivity contribution in [1.29, 1.82) is 0 Å². The van der Waals surface area contributed by atoms with Crippen molar-refractivity contribution in [3.05, 3.63) is 29.8 Å². The van der Waals surface area contributed by atoms with Crippen LogP contribution in [0.15, 0.2) is 24.3 Å². The van der Waals surface area contributed by atoms with Gasteiger partial charge in [-0.05, 0) is 18.1 Å². The topological polar surface area (TPSA) is 78.7 Å². The van der Waals surface area contributed by atoms with E-state index in [1.807, 2.05) is 28.0 Å². The molecule has 3 N–H and O–H groups in total. The lowest BCUT2D eigenvalue weighted by molar-refractivity contribution is -0.126. The van der Waals surface area contributed by atoms with Crippen LogP contribution in [0.4, 0.5) is 5.69 Å². The van der Waals surface area contributed by atoms with Crippen LogP contribution in [0.3, 0.4) is 0 Å². The number of rotatable bonds is 3. The molecule has 2 amide bonds. The molecule has 2 aliphatic rings. The van der Waals surface area contributed by atoms with Gasteiger partial charge in [-0.2, -0.15) is 0 Å². The highest BCUT2D eigenvalue weighted by Crippen LogP contribution is 2.27. The summed E-state index contributed by atoms with van der Waals surface area (Å²) in [5.74, 6) is -0.343. The second-order valence-electron chi connectivity index (χ2n) is 5.52. The molecule has 1 unspecified atom stereocenters. The maximum Gasteiger partial charge on any atom is 0.241 e. The second-order valence-corrected chi connectivity index (χ2v) is 5.52. The van der Waals surface area contributed by atoms with E-state index in [0.29, 0.717) is 19.6 Å². The van der Waals surface area contributed by atoms with Crippen molar-refractivity contribution in [2.24, 2.45) is 5.73 Å². The molecule has 1 fully saturated rings. The number of carbonyl (C=O) groups excluding carboxylic acids is 2. The smallest absolute Gasteiger partial charge is 0.241 e. The molecule has 0 bridgehead atoms. The van der Waals surface area contributed by atoms with Crippen LogP contribution in [-0.2, 0) is 16.0 Å². The number of hydrogen-bond donors (Lipinski definition) is 2. The van der Waals surface area contributed by atoms with Crippen LogP contribution in [-0.4, -0.2) is 55.5 Å². The number of primary amides is 1. The van der Waals surface area contributed by atoms with Gasteiger partial charge in [-0.15, -0.1) is 0 Å². The molecule has 112 valence electrons. The SMILES string of the molecule is NC(=O)C1CNCCN1CC(=O)N1CCc2ccccc21. The summed E-state index contributed by atoms with van der Waals surface area (Å²) in [6, 6.07) is 7.57. The Balaban J connectivity index is 1.70. The fourth-order valence-electron chi connectivity index (χ4n) is 3.07. The molecule has 1 saturated heterocycles. The van der Waals surface area contributed by atoms with Crippen molar-refractivity contribution in [3.63, 3.8) is 0 Å². The van der Waals surface area contributed by atoms with Gasteiger partial charge < -0.3 is 16.0 Å². The summed E-state index contributed by atoms with van der Waals surface area (Å²) < 4.78 is 0. The summed E-state index contributed by atoms with van der Waals surface area (Å²) in [6.07, 6.45) is 0.892. The first kappa shape index (κ1) is 14.0. The zero-order valence-electron chi connectivity index (χ0n) is 11.9. The molecule has 3 rings (SSSR count). The molecule has 0 spiro atoms. The number of hydrogen-bond acceptors (Lipinski definition) is 4. The third kappa shape index (κ3) is 2.77. The number of piperazine rings is 1. The Kier molecular flexibility index (Phi) is 3.90. The summed E-state index contributed by atoms with van der Waals surface area (Å²) >= 11 is 0. The van der Waals surface area contributed by atoms with Crippen LogP contribution >= 0.6 is 0 Å². The first-order valence-electron chi connectivity index (χ1n) is 7.29. The lowest BCUT2D eigenvalue weighted by Crippen LogP contribution is -2.59. The van der Waals surface area contributed by atoms with E-state index in [-0.39, 0.29) is 18.4 Å². The minimum absolute atomic E-state index is 0.0353. The van der Waals surface area contributed by atoms with E-state index >= 15 is 0 Å². The third-order valence-electron chi connectivity index (χ3n) is 4.21. The third-order valence-corrected chi connectivity index (χ3v) is 4.21. The van der Waals surface area contributed by atoms with Crippen LogP contribution in [0.25, 0.3) is 0 Å². The molecule has 2 aliphatic heterocycles. The molecule has 0 aliphatic carbocycles. The Labute approximate surface area is 123 Å². The monoisotopic (exact) mass is 288 g/mol. The lowest BCUT2D eigenvalue weighted by atomic mass is 10.1. The summed E-state index contributed by atoms with van der Waals surface area (Å²) in [4.78, 5) is 27.7. The van der Waals surface area contributed by atoms with Crippen LogP contribution in [0.5, 0.6) is 0 Å². The lowest BCUT2D eigenvalue weighted by Gasteiger charge is -2.34. The molecule has 6 nitrogen and oxygen atoms in total. The molecule has 0 aromatic heterocycles. The fraction of sp³-hybridized carbons (Fsp3) is 0.467. The highest BCUT2D eigenvalue weighted by Gasteiger charge is 2.31. The van der Waals surface area contributed by atoms with Gasteiger partial charge >= 0.3 is 0 Å². The maximum absolute atomic E-state index is 12.6. The maximum atomic E-state index is 12.6. The van der Waals surface area contributed by atoms with Gasteiger partial charge in [0.15, 0.2) is 0 Å². The Morgan fingerprint density at radius 2 is 2.10 bits per heavy atom. The summed E-state index contributed by atoms with van der Waals surface area (Å²) in [5, 5.41) is 3.14.